The van der Waals surface area contributed by atoms with Gasteiger partial charge in [0, 0.05) is 24.4 Å². The van der Waals surface area contributed by atoms with Gasteiger partial charge in [0.2, 0.25) is 0 Å². The van der Waals surface area contributed by atoms with Crippen molar-refractivity contribution in [3.63, 3.8) is 0 Å². The van der Waals surface area contributed by atoms with Crippen LogP contribution in [0.15, 0.2) is 42.7 Å². The van der Waals surface area contributed by atoms with E-state index in [1.807, 2.05) is 30.3 Å². The van der Waals surface area contributed by atoms with Gasteiger partial charge in [-0.25, -0.2) is 0 Å². The molecule has 0 amide bonds. The minimum Gasteiger partial charge on any atom is -0.486 e. The third-order valence-electron chi connectivity index (χ3n) is 3.72. The van der Waals surface area contributed by atoms with Crippen LogP contribution in [-0.2, 0) is 0 Å². The molecule has 1 aliphatic rings. The van der Waals surface area contributed by atoms with Gasteiger partial charge in [-0.05, 0) is 35.4 Å². The molecule has 4 nitrogen and oxygen atoms in total. The number of ether oxygens (including phenoxy) is 2. The van der Waals surface area contributed by atoms with E-state index in [2.05, 4.69) is 11.9 Å². The van der Waals surface area contributed by atoms with E-state index in [9.17, 15) is 0 Å². The molecule has 1 aromatic carbocycles. The van der Waals surface area contributed by atoms with Gasteiger partial charge >= 0.3 is 0 Å². The molecule has 0 spiro atoms. The van der Waals surface area contributed by atoms with E-state index in [-0.39, 0.29) is 12.0 Å². The fraction of sp³-hybridized carbons (Fsp3) is 0.312. The standard InChI is InChI=1S/C16H18N2O2/c1-11(12-4-6-18-7-5-12)16(17)13-2-3-14-15(10-13)20-9-8-19-14/h2-7,10-11,16H,8-9,17H2,1H3. The molecule has 2 unspecified atom stereocenters. The molecule has 0 saturated carbocycles. The summed E-state index contributed by atoms with van der Waals surface area (Å²) in [7, 11) is 0. The van der Waals surface area contributed by atoms with Gasteiger partial charge in [0.15, 0.2) is 11.5 Å². The largest absolute Gasteiger partial charge is 0.486 e. The van der Waals surface area contributed by atoms with Crippen LogP contribution in [0, 0.1) is 0 Å². The molecular weight excluding hydrogens is 252 g/mol. The first-order valence-corrected chi connectivity index (χ1v) is 6.81. The Kier molecular flexibility index (Phi) is 3.56. The molecule has 1 aromatic heterocycles. The number of rotatable bonds is 3. The maximum Gasteiger partial charge on any atom is 0.161 e. The molecule has 4 heteroatoms. The van der Waals surface area contributed by atoms with Crippen molar-refractivity contribution < 1.29 is 9.47 Å². The second kappa shape index (κ2) is 5.51. The van der Waals surface area contributed by atoms with Crippen molar-refractivity contribution in [3.05, 3.63) is 53.9 Å². The van der Waals surface area contributed by atoms with Crippen molar-refractivity contribution in [2.45, 2.75) is 18.9 Å². The molecule has 0 radical (unpaired) electrons. The smallest absolute Gasteiger partial charge is 0.161 e. The maximum atomic E-state index is 6.39. The molecule has 0 aliphatic carbocycles. The van der Waals surface area contributed by atoms with E-state index in [4.69, 9.17) is 15.2 Å². The summed E-state index contributed by atoms with van der Waals surface area (Å²) in [5.74, 6) is 1.79. The summed E-state index contributed by atoms with van der Waals surface area (Å²) in [6.07, 6.45) is 3.59. The normalized spacial score (nSPS) is 16.5. The van der Waals surface area contributed by atoms with Crippen molar-refractivity contribution in [1.29, 1.82) is 0 Å². The van der Waals surface area contributed by atoms with Gasteiger partial charge in [0.25, 0.3) is 0 Å². The van der Waals surface area contributed by atoms with Crippen molar-refractivity contribution in [1.82, 2.24) is 4.98 Å². The Hall–Kier alpha value is -2.07. The van der Waals surface area contributed by atoms with Crippen molar-refractivity contribution in [2.75, 3.05) is 13.2 Å². The van der Waals surface area contributed by atoms with Crippen LogP contribution in [0.5, 0.6) is 11.5 Å². The van der Waals surface area contributed by atoms with Crippen LogP contribution in [0.4, 0.5) is 0 Å². The van der Waals surface area contributed by atoms with E-state index in [1.165, 1.54) is 5.56 Å². The Balaban J connectivity index is 1.85. The van der Waals surface area contributed by atoms with Gasteiger partial charge in [-0.3, -0.25) is 4.98 Å². The Morgan fingerprint density at radius 2 is 1.70 bits per heavy atom. The number of aromatic nitrogens is 1. The third-order valence-corrected chi connectivity index (χ3v) is 3.72. The van der Waals surface area contributed by atoms with Gasteiger partial charge in [0.1, 0.15) is 13.2 Å². The maximum absolute atomic E-state index is 6.39. The molecule has 2 aromatic rings. The molecule has 2 atom stereocenters. The summed E-state index contributed by atoms with van der Waals surface area (Å²) < 4.78 is 11.1. The summed E-state index contributed by atoms with van der Waals surface area (Å²) >= 11 is 0. The van der Waals surface area contributed by atoms with Crippen LogP contribution < -0.4 is 15.2 Å². The summed E-state index contributed by atoms with van der Waals surface area (Å²) in [6.45, 7) is 3.31. The number of fused-ring (bicyclic) bond motifs is 1. The zero-order chi connectivity index (χ0) is 13.9. The van der Waals surface area contributed by atoms with E-state index in [0.717, 1.165) is 17.1 Å². The van der Waals surface area contributed by atoms with Crippen LogP contribution in [0.25, 0.3) is 0 Å². The minimum absolute atomic E-state index is 0.0896. The molecular formula is C16H18N2O2. The zero-order valence-electron chi connectivity index (χ0n) is 11.5. The fourth-order valence-corrected chi connectivity index (χ4v) is 2.43. The van der Waals surface area contributed by atoms with Crippen LogP contribution in [0.3, 0.4) is 0 Å². The zero-order valence-corrected chi connectivity index (χ0v) is 11.5. The number of hydrogen-bond donors (Lipinski definition) is 1. The highest BCUT2D eigenvalue weighted by atomic mass is 16.6. The summed E-state index contributed by atoms with van der Waals surface area (Å²) in [4.78, 5) is 4.04. The summed E-state index contributed by atoms with van der Waals surface area (Å²) in [5.41, 5.74) is 8.62. The van der Waals surface area contributed by atoms with Crippen molar-refractivity contribution in [2.24, 2.45) is 5.73 Å². The van der Waals surface area contributed by atoms with E-state index < -0.39 is 0 Å². The van der Waals surface area contributed by atoms with Crippen LogP contribution in [0.2, 0.25) is 0 Å². The molecule has 2 N–H and O–H groups in total. The lowest BCUT2D eigenvalue weighted by atomic mass is 9.89. The van der Waals surface area contributed by atoms with E-state index in [1.54, 1.807) is 12.4 Å². The monoisotopic (exact) mass is 270 g/mol. The molecule has 1 aliphatic heterocycles. The first-order valence-electron chi connectivity index (χ1n) is 6.81. The van der Waals surface area contributed by atoms with E-state index in [0.29, 0.717) is 13.2 Å². The van der Waals surface area contributed by atoms with Gasteiger partial charge < -0.3 is 15.2 Å². The van der Waals surface area contributed by atoms with Gasteiger partial charge in [-0.15, -0.1) is 0 Å². The first-order chi connectivity index (χ1) is 9.75. The van der Waals surface area contributed by atoms with Crippen molar-refractivity contribution in [3.8, 4) is 11.5 Å². The highest BCUT2D eigenvalue weighted by molar-refractivity contribution is 5.45. The van der Waals surface area contributed by atoms with Crippen molar-refractivity contribution >= 4 is 0 Å². The topological polar surface area (TPSA) is 57.4 Å². The fourth-order valence-electron chi connectivity index (χ4n) is 2.43. The molecule has 0 saturated heterocycles. The lowest BCUT2D eigenvalue weighted by Crippen LogP contribution is -2.19. The Morgan fingerprint density at radius 1 is 1.00 bits per heavy atom. The molecule has 20 heavy (non-hydrogen) atoms. The molecule has 0 fully saturated rings. The van der Waals surface area contributed by atoms with E-state index >= 15 is 0 Å². The third kappa shape index (κ3) is 2.47. The molecule has 104 valence electrons. The number of nitrogens with zero attached hydrogens (tertiary/aromatic N) is 1. The minimum atomic E-state index is -0.0896. The Morgan fingerprint density at radius 3 is 2.45 bits per heavy atom. The summed E-state index contributed by atoms with van der Waals surface area (Å²) in [6, 6.07) is 9.84. The average molecular weight is 270 g/mol. The molecule has 3 rings (SSSR count). The average Bonchev–Trinajstić information content (AvgIpc) is 2.54. The highest BCUT2D eigenvalue weighted by Crippen LogP contribution is 2.35. The van der Waals surface area contributed by atoms with Crippen LogP contribution in [-0.4, -0.2) is 18.2 Å². The Bertz CT molecular complexity index is 586. The second-order valence-corrected chi connectivity index (χ2v) is 5.00. The molecule has 0 bridgehead atoms. The lowest BCUT2D eigenvalue weighted by molar-refractivity contribution is 0.171. The number of hydrogen-bond acceptors (Lipinski definition) is 4. The molecule has 2 heterocycles. The lowest BCUT2D eigenvalue weighted by Gasteiger charge is -2.23. The van der Waals surface area contributed by atoms with Gasteiger partial charge in [-0.2, -0.15) is 0 Å². The van der Waals surface area contributed by atoms with Crippen LogP contribution >= 0.6 is 0 Å². The summed E-state index contributed by atoms with van der Waals surface area (Å²) in [5, 5.41) is 0. The highest BCUT2D eigenvalue weighted by Gasteiger charge is 2.19. The van der Waals surface area contributed by atoms with Gasteiger partial charge in [0.05, 0.1) is 0 Å². The number of benzene rings is 1. The van der Waals surface area contributed by atoms with Crippen LogP contribution in [0.1, 0.15) is 30.0 Å². The Labute approximate surface area is 118 Å². The predicted octanol–water partition coefficient (Wildman–Crippen LogP) is 2.66. The quantitative estimate of drug-likeness (QED) is 0.931. The van der Waals surface area contributed by atoms with Gasteiger partial charge in [-0.1, -0.05) is 13.0 Å². The SMILES string of the molecule is CC(c1ccncc1)C(N)c1ccc2c(c1)OCCO2. The second-order valence-electron chi connectivity index (χ2n) is 5.00. The first kappa shape index (κ1) is 12.9. The number of nitrogens with two attached hydrogens (primary N) is 1. The predicted molar refractivity (Wildman–Crippen MR) is 77.0 cm³/mol. The number of pyridine rings is 1.